The van der Waals surface area contributed by atoms with Crippen LogP contribution in [0.25, 0.3) is 10.9 Å². The van der Waals surface area contributed by atoms with E-state index in [0.29, 0.717) is 5.56 Å². The zero-order valence-electron chi connectivity index (χ0n) is 12.0. The van der Waals surface area contributed by atoms with Gasteiger partial charge in [0.25, 0.3) is 5.91 Å². The lowest BCUT2D eigenvalue weighted by atomic mass is 9.95. The molecule has 5 heteroatoms. The molecule has 0 aliphatic heterocycles. The van der Waals surface area contributed by atoms with Crippen molar-refractivity contribution in [3.63, 3.8) is 0 Å². The molecule has 2 atom stereocenters. The highest BCUT2D eigenvalue weighted by Gasteiger charge is 2.24. The predicted molar refractivity (Wildman–Crippen MR) is 81.0 cm³/mol. The fourth-order valence-corrected chi connectivity index (χ4v) is 3.13. The van der Waals surface area contributed by atoms with Gasteiger partial charge in [0.15, 0.2) is 0 Å². The number of H-pyrrole nitrogens is 1. The van der Waals surface area contributed by atoms with Crippen molar-refractivity contribution < 1.29 is 9.90 Å². The Labute approximate surface area is 123 Å². The van der Waals surface area contributed by atoms with E-state index in [9.17, 15) is 9.90 Å². The van der Waals surface area contributed by atoms with E-state index in [0.717, 1.165) is 36.6 Å². The number of aromatic amines is 1. The molecule has 0 spiro atoms. The van der Waals surface area contributed by atoms with Crippen molar-refractivity contribution >= 4 is 16.8 Å². The molecule has 1 aromatic heterocycles. The van der Waals surface area contributed by atoms with Crippen LogP contribution in [-0.4, -0.2) is 33.9 Å². The molecule has 5 nitrogen and oxygen atoms in total. The van der Waals surface area contributed by atoms with Crippen molar-refractivity contribution in [1.82, 2.24) is 15.5 Å². The molecule has 1 aliphatic carbocycles. The van der Waals surface area contributed by atoms with Crippen LogP contribution in [0.2, 0.25) is 0 Å². The maximum absolute atomic E-state index is 12.4. The summed E-state index contributed by atoms with van der Waals surface area (Å²) in [5.41, 5.74) is 1.57. The lowest BCUT2D eigenvalue weighted by Gasteiger charge is -2.24. The molecule has 1 aromatic carbocycles. The average Bonchev–Trinajstić information content (AvgIpc) is 2.86. The minimum atomic E-state index is -0.0663. The van der Waals surface area contributed by atoms with Gasteiger partial charge < -0.3 is 10.4 Å². The van der Waals surface area contributed by atoms with Gasteiger partial charge in [0.05, 0.1) is 11.7 Å². The average molecular weight is 287 g/mol. The van der Waals surface area contributed by atoms with E-state index in [1.807, 2.05) is 12.1 Å². The first-order chi connectivity index (χ1) is 10.3. The van der Waals surface area contributed by atoms with Crippen molar-refractivity contribution in [3.05, 3.63) is 30.0 Å². The quantitative estimate of drug-likeness (QED) is 0.758. The third-order valence-corrected chi connectivity index (χ3v) is 4.41. The topological polar surface area (TPSA) is 78.0 Å². The standard InChI is InChI=1S/C16H21N3O2/c20-10-12-4-2-1-3-5-14(12)18-16(21)11-6-7-15-13(8-11)9-17-19-15/h6-9,12,14,20H,1-5,10H2,(H,17,19)(H,18,21). The molecular weight excluding hydrogens is 266 g/mol. The molecule has 21 heavy (non-hydrogen) atoms. The Balaban J connectivity index is 1.74. The van der Waals surface area contributed by atoms with Crippen molar-refractivity contribution in [2.45, 2.75) is 38.1 Å². The molecule has 1 aliphatic rings. The maximum Gasteiger partial charge on any atom is 0.251 e. The number of amides is 1. The van der Waals surface area contributed by atoms with Gasteiger partial charge in [-0.1, -0.05) is 19.3 Å². The summed E-state index contributed by atoms with van der Waals surface area (Å²) in [4.78, 5) is 12.4. The van der Waals surface area contributed by atoms with Crippen molar-refractivity contribution in [2.24, 2.45) is 5.92 Å². The van der Waals surface area contributed by atoms with Crippen LogP contribution in [-0.2, 0) is 0 Å². The summed E-state index contributed by atoms with van der Waals surface area (Å²) in [5, 5.41) is 20.4. The van der Waals surface area contributed by atoms with Gasteiger partial charge in [-0.3, -0.25) is 9.89 Å². The van der Waals surface area contributed by atoms with Crippen LogP contribution in [0.3, 0.4) is 0 Å². The molecule has 112 valence electrons. The van der Waals surface area contributed by atoms with Gasteiger partial charge in [0.1, 0.15) is 0 Å². The minimum Gasteiger partial charge on any atom is -0.396 e. The Kier molecular flexibility index (Phi) is 4.20. The largest absolute Gasteiger partial charge is 0.396 e. The molecule has 1 fully saturated rings. The van der Waals surface area contributed by atoms with Crippen LogP contribution in [0.15, 0.2) is 24.4 Å². The first kappa shape index (κ1) is 14.1. The second-order valence-corrected chi connectivity index (χ2v) is 5.83. The van der Waals surface area contributed by atoms with E-state index < -0.39 is 0 Å². The first-order valence-corrected chi connectivity index (χ1v) is 7.63. The lowest BCUT2D eigenvalue weighted by Crippen LogP contribution is -2.41. The predicted octanol–water partition coefficient (Wildman–Crippen LogP) is 2.23. The number of fused-ring (bicyclic) bond motifs is 1. The highest BCUT2D eigenvalue weighted by atomic mass is 16.3. The van der Waals surface area contributed by atoms with E-state index in [4.69, 9.17) is 0 Å². The van der Waals surface area contributed by atoms with Gasteiger partial charge in [0.2, 0.25) is 0 Å². The molecule has 3 N–H and O–H groups in total. The highest BCUT2D eigenvalue weighted by Crippen LogP contribution is 2.23. The van der Waals surface area contributed by atoms with Crippen LogP contribution < -0.4 is 5.32 Å². The smallest absolute Gasteiger partial charge is 0.251 e. The van der Waals surface area contributed by atoms with Gasteiger partial charge in [-0.15, -0.1) is 0 Å². The second-order valence-electron chi connectivity index (χ2n) is 5.83. The summed E-state index contributed by atoms with van der Waals surface area (Å²) in [6, 6.07) is 5.60. The van der Waals surface area contributed by atoms with Gasteiger partial charge in [-0.25, -0.2) is 0 Å². The van der Waals surface area contributed by atoms with Gasteiger partial charge in [0, 0.05) is 29.5 Å². The Morgan fingerprint density at radius 2 is 2.19 bits per heavy atom. The molecule has 1 amide bonds. The zero-order valence-corrected chi connectivity index (χ0v) is 12.0. The first-order valence-electron chi connectivity index (χ1n) is 7.63. The number of nitrogens with one attached hydrogen (secondary N) is 2. The number of hydrogen-bond acceptors (Lipinski definition) is 3. The summed E-state index contributed by atoms with van der Waals surface area (Å²) in [7, 11) is 0. The van der Waals surface area contributed by atoms with Crippen molar-refractivity contribution in [3.8, 4) is 0 Å². The monoisotopic (exact) mass is 287 g/mol. The Morgan fingerprint density at radius 1 is 1.33 bits per heavy atom. The molecular formula is C16H21N3O2. The Morgan fingerprint density at radius 3 is 3.05 bits per heavy atom. The Hall–Kier alpha value is -1.88. The molecule has 1 heterocycles. The van der Waals surface area contributed by atoms with Crippen LogP contribution in [0.5, 0.6) is 0 Å². The number of nitrogens with zero attached hydrogens (tertiary/aromatic N) is 1. The number of rotatable bonds is 3. The third-order valence-electron chi connectivity index (χ3n) is 4.41. The Bertz CT molecular complexity index is 623. The molecule has 3 rings (SSSR count). The van der Waals surface area contributed by atoms with Gasteiger partial charge in [-0.05, 0) is 31.0 Å². The van der Waals surface area contributed by atoms with E-state index >= 15 is 0 Å². The summed E-state index contributed by atoms with van der Waals surface area (Å²) in [5.74, 6) is 0.109. The molecule has 1 saturated carbocycles. The maximum atomic E-state index is 12.4. The normalized spacial score (nSPS) is 22.9. The number of aliphatic hydroxyl groups is 1. The SMILES string of the molecule is O=C(NC1CCCCCC1CO)c1ccc2[nH]ncc2c1. The number of carbonyl (C=O) groups is 1. The number of benzene rings is 1. The molecule has 0 radical (unpaired) electrons. The van der Waals surface area contributed by atoms with Crippen molar-refractivity contribution in [2.75, 3.05) is 6.61 Å². The highest BCUT2D eigenvalue weighted by molar-refractivity contribution is 5.98. The van der Waals surface area contributed by atoms with E-state index in [1.165, 1.54) is 6.42 Å². The number of carbonyl (C=O) groups excluding carboxylic acids is 1. The summed E-state index contributed by atoms with van der Waals surface area (Å²) >= 11 is 0. The van der Waals surface area contributed by atoms with Gasteiger partial charge >= 0.3 is 0 Å². The molecule has 0 bridgehead atoms. The van der Waals surface area contributed by atoms with Crippen LogP contribution in [0.4, 0.5) is 0 Å². The lowest BCUT2D eigenvalue weighted by molar-refractivity contribution is 0.0899. The number of hydrogen-bond donors (Lipinski definition) is 3. The second kappa shape index (κ2) is 6.26. The minimum absolute atomic E-state index is 0.0663. The van der Waals surface area contributed by atoms with E-state index in [2.05, 4.69) is 15.5 Å². The van der Waals surface area contributed by atoms with E-state index in [1.54, 1.807) is 12.3 Å². The van der Waals surface area contributed by atoms with Gasteiger partial charge in [-0.2, -0.15) is 5.10 Å². The number of aromatic nitrogens is 2. The fourth-order valence-electron chi connectivity index (χ4n) is 3.13. The third kappa shape index (κ3) is 3.08. The van der Waals surface area contributed by atoms with Crippen LogP contribution in [0.1, 0.15) is 42.5 Å². The summed E-state index contributed by atoms with van der Waals surface area (Å²) in [6.45, 7) is 0.145. The van der Waals surface area contributed by atoms with Crippen LogP contribution >= 0.6 is 0 Å². The molecule has 0 saturated heterocycles. The fraction of sp³-hybridized carbons (Fsp3) is 0.500. The van der Waals surface area contributed by atoms with Crippen LogP contribution in [0, 0.1) is 5.92 Å². The molecule has 2 aromatic rings. The zero-order chi connectivity index (χ0) is 14.7. The summed E-state index contributed by atoms with van der Waals surface area (Å²) in [6.07, 6.45) is 7.09. The number of aliphatic hydroxyl groups excluding tert-OH is 1. The van der Waals surface area contributed by atoms with E-state index in [-0.39, 0.29) is 24.5 Å². The van der Waals surface area contributed by atoms with Crippen molar-refractivity contribution in [1.29, 1.82) is 0 Å². The molecule has 2 unspecified atom stereocenters. The summed E-state index contributed by atoms with van der Waals surface area (Å²) < 4.78 is 0.